The summed E-state index contributed by atoms with van der Waals surface area (Å²) in [4.78, 5) is 27.3. The van der Waals surface area contributed by atoms with Crippen molar-refractivity contribution in [1.29, 1.82) is 0 Å². The third-order valence-corrected chi connectivity index (χ3v) is 5.04. The Morgan fingerprint density at radius 1 is 1.33 bits per heavy atom. The highest BCUT2D eigenvalue weighted by Crippen LogP contribution is 2.32. The SMILES string of the molecule is COc1cc(N2CCOC(C)(C)C2)ccc1NC(=O)N1CCC(C(=O)O)C1. The van der Waals surface area contributed by atoms with Gasteiger partial charge in [-0.15, -0.1) is 0 Å². The predicted molar refractivity (Wildman–Crippen MR) is 102 cm³/mol. The average molecular weight is 377 g/mol. The van der Waals surface area contributed by atoms with Gasteiger partial charge in [0.05, 0.1) is 30.9 Å². The zero-order valence-electron chi connectivity index (χ0n) is 16.0. The lowest BCUT2D eigenvalue weighted by Crippen LogP contribution is -2.48. The molecular formula is C19H27N3O5. The van der Waals surface area contributed by atoms with Crippen molar-refractivity contribution in [2.24, 2.45) is 5.92 Å². The summed E-state index contributed by atoms with van der Waals surface area (Å²) < 4.78 is 11.2. The Hall–Kier alpha value is -2.48. The Bertz CT molecular complexity index is 721. The minimum atomic E-state index is -0.860. The number of carboxylic acids is 1. The Kier molecular flexibility index (Phi) is 5.46. The first-order chi connectivity index (χ1) is 12.8. The summed E-state index contributed by atoms with van der Waals surface area (Å²) in [5, 5.41) is 11.9. The number of ether oxygens (including phenoxy) is 2. The Morgan fingerprint density at radius 2 is 2.11 bits per heavy atom. The van der Waals surface area contributed by atoms with Crippen LogP contribution in [0.1, 0.15) is 20.3 Å². The Morgan fingerprint density at radius 3 is 2.74 bits per heavy atom. The van der Waals surface area contributed by atoms with Crippen LogP contribution in [0.4, 0.5) is 16.2 Å². The zero-order chi connectivity index (χ0) is 19.6. The van der Waals surface area contributed by atoms with Gasteiger partial charge >= 0.3 is 12.0 Å². The van der Waals surface area contributed by atoms with Crippen molar-refractivity contribution in [3.63, 3.8) is 0 Å². The smallest absolute Gasteiger partial charge is 0.321 e. The minimum Gasteiger partial charge on any atom is -0.494 e. The molecule has 0 radical (unpaired) electrons. The topological polar surface area (TPSA) is 91.3 Å². The minimum absolute atomic E-state index is 0.213. The van der Waals surface area contributed by atoms with Gasteiger partial charge in [0.15, 0.2) is 0 Å². The molecule has 1 atom stereocenters. The second kappa shape index (κ2) is 7.64. The standard InChI is InChI=1S/C19H27N3O5/c1-19(2)12-22(8-9-27-19)14-4-5-15(16(10-14)26-3)20-18(25)21-7-6-13(11-21)17(23)24/h4-5,10,13H,6-9,11-12H2,1-3H3,(H,20,25)(H,23,24). The van der Waals surface area contributed by atoms with Gasteiger partial charge < -0.3 is 29.7 Å². The number of aliphatic carboxylic acids is 1. The molecule has 3 rings (SSSR count). The molecular weight excluding hydrogens is 350 g/mol. The van der Waals surface area contributed by atoms with E-state index in [1.54, 1.807) is 7.11 Å². The van der Waals surface area contributed by atoms with E-state index < -0.39 is 11.9 Å². The average Bonchev–Trinajstić information content (AvgIpc) is 3.11. The van der Waals surface area contributed by atoms with Crippen LogP contribution in [0.15, 0.2) is 18.2 Å². The summed E-state index contributed by atoms with van der Waals surface area (Å²) >= 11 is 0. The van der Waals surface area contributed by atoms with E-state index in [-0.39, 0.29) is 18.2 Å². The molecule has 0 aliphatic carbocycles. The number of carbonyl (C=O) groups is 2. The molecule has 0 bridgehead atoms. The summed E-state index contributed by atoms with van der Waals surface area (Å²) in [6.07, 6.45) is 0.478. The second-order valence-electron chi connectivity index (χ2n) is 7.61. The number of nitrogens with one attached hydrogen (secondary N) is 1. The zero-order valence-corrected chi connectivity index (χ0v) is 16.0. The number of methoxy groups -OCH3 is 1. The van der Waals surface area contributed by atoms with Gasteiger partial charge in [-0.3, -0.25) is 4.79 Å². The van der Waals surface area contributed by atoms with Crippen LogP contribution in [0.2, 0.25) is 0 Å². The van der Waals surface area contributed by atoms with Gasteiger partial charge in [0.2, 0.25) is 0 Å². The molecule has 2 aliphatic rings. The fraction of sp³-hybridized carbons (Fsp3) is 0.579. The van der Waals surface area contributed by atoms with E-state index in [1.165, 1.54) is 4.90 Å². The van der Waals surface area contributed by atoms with Crippen LogP contribution in [-0.4, -0.2) is 67.5 Å². The van der Waals surface area contributed by atoms with Crippen LogP contribution in [0.25, 0.3) is 0 Å². The molecule has 2 amide bonds. The number of amides is 2. The summed E-state index contributed by atoms with van der Waals surface area (Å²) in [7, 11) is 1.56. The number of urea groups is 1. The van der Waals surface area contributed by atoms with Gasteiger partial charge in [-0.25, -0.2) is 4.79 Å². The molecule has 8 nitrogen and oxygen atoms in total. The van der Waals surface area contributed by atoms with Crippen molar-refractivity contribution >= 4 is 23.4 Å². The highest BCUT2D eigenvalue weighted by atomic mass is 16.5. The first-order valence-corrected chi connectivity index (χ1v) is 9.15. The molecule has 2 saturated heterocycles. The van der Waals surface area contributed by atoms with Crippen molar-refractivity contribution in [3.05, 3.63) is 18.2 Å². The molecule has 0 saturated carbocycles. The van der Waals surface area contributed by atoms with Crippen molar-refractivity contribution in [1.82, 2.24) is 4.90 Å². The van der Waals surface area contributed by atoms with E-state index >= 15 is 0 Å². The van der Waals surface area contributed by atoms with E-state index in [0.29, 0.717) is 31.0 Å². The van der Waals surface area contributed by atoms with E-state index in [1.807, 2.05) is 18.2 Å². The van der Waals surface area contributed by atoms with Crippen molar-refractivity contribution in [2.75, 3.05) is 50.1 Å². The predicted octanol–water partition coefficient (Wildman–Crippen LogP) is 2.25. The molecule has 2 N–H and O–H groups in total. The number of rotatable bonds is 4. The summed E-state index contributed by atoms with van der Waals surface area (Å²) in [5.41, 5.74) is 1.36. The van der Waals surface area contributed by atoms with E-state index in [2.05, 4.69) is 24.1 Å². The summed E-state index contributed by atoms with van der Waals surface area (Å²) in [5.74, 6) is -0.788. The molecule has 0 aromatic heterocycles. The number of likely N-dealkylation sites (tertiary alicyclic amines) is 1. The number of carbonyl (C=O) groups excluding carboxylic acids is 1. The quantitative estimate of drug-likeness (QED) is 0.836. The van der Waals surface area contributed by atoms with Gasteiger partial charge in [0, 0.05) is 37.9 Å². The van der Waals surface area contributed by atoms with Crippen LogP contribution in [-0.2, 0) is 9.53 Å². The highest BCUT2D eigenvalue weighted by Gasteiger charge is 2.31. The number of benzene rings is 1. The molecule has 0 spiro atoms. The first kappa shape index (κ1) is 19.3. The monoisotopic (exact) mass is 377 g/mol. The van der Waals surface area contributed by atoms with Gasteiger partial charge in [-0.1, -0.05) is 0 Å². The van der Waals surface area contributed by atoms with E-state index in [4.69, 9.17) is 14.6 Å². The molecule has 1 aromatic rings. The maximum atomic E-state index is 12.5. The normalized spacial score (nSPS) is 21.8. The fourth-order valence-corrected chi connectivity index (χ4v) is 3.56. The lowest BCUT2D eigenvalue weighted by atomic mass is 10.1. The molecule has 1 aromatic carbocycles. The lowest BCUT2D eigenvalue weighted by molar-refractivity contribution is -0.141. The molecule has 2 fully saturated rings. The van der Waals surface area contributed by atoms with Crippen LogP contribution in [0.3, 0.4) is 0 Å². The van der Waals surface area contributed by atoms with Gasteiger partial charge in [0.1, 0.15) is 5.75 Å². The molecule has 2 aliphatic heterocycles. The maximum absolute atomic E-state index is 12.5. The van der Waals surface area contributed by atoms with Crippen LogP contribution in [0.5, 0.6) is 5.75 Å². The van der Waals surface area contributed by atoms with Crippen LogP contribution < -0.4 is 15.0 Å². The Balaban J connectivity index is 1.69. The van der Waals surface area contributed by atoms with Crippen molar-refractivity contribution in [3.8, 4) is 5.75 Å². The van der Waals surface area contributed by atoms with Crippen LogP contribution >= 0.6 is 0 Å². The number of anilines is 2. The molecule has 148 valence electrons. The Labute approximate surface area is 159 Å². The van der Waals surface area contributed by atoms with Gasteiger partial charge in [-0.05, 0) is 32.4 Å². The van der Waals surface area contributed by atoms with Crippen molar-refractivity contribution < 1.29 is 24.2 Å². The highest BCUT2D eigenvalue weighted by molar-refractivity contribution is 5.92. The third-order valence-electron chi connectivity index (χ3n) is 5.04. The maximum Gasteiger partial charge on any atom is 0.321 e. The van der Waals surface area contributed by atoms with Gasteiger partial charge in [0.25, 0.3) is 0 Å². The van der Waals surface area contributed by atoms with E-state index in [0.717, 1.165) is 18.8 Å². The number of hydrogen-bond donors (Lipinski definition) is 2. The summed E-state index contributed by atoms with van der Waals surface area (Å²) in [6, 6.07) is 5.36. The molecule has 2 heterocycles. The second-order valence-corrected chi connectivity index (χ2v) is 7.61. The molecule has 27 heavy (non-hydrogen) atoms. The number of hydrogen-bond acceptors (Lipinski definition) is 5. The number of morpholine rings is 1. The number of nitrogens with zero attached hydrogens (tertiary/aromatic N) is 2. The van der Waals surface area contributed by atoms with E-state index in [9.17, 15) is 9.59 Å². The van der Waals surface area contributed by atoms with Crippen molar-refractivity contribution in [2.45, 2.75) is 25.9 Å². The molecule has 8 heteroatoms. The van der Waals surface area contributed by atoms with Crippen LogP contribution in [0, 0.1) is 5.92 Å². The lowest BCUT2D eigenvalue weighted by Gasteiger charge is -2.39. The summed E-state index contributed by atoms with van der Waals surface area (Å²) in [6.45, 7) is 7.01. The molecule has 1 unspecified atom stereocenters. The third kappa shape index (κ3) is 4.44. The fourth-order valence-electron chi connectivity index (χ4n) is 3.56. The largest absolute Gasteiger partial charge is 0.494 e. The first-order valence-electron chi connectivity index (χ1n) is 9.15. The number of carboxylic acid groups (broad SMARTS) is 1. The van der Waals surface area contributed by atoms with Gasteiger partial charge in [-0.2, -0.15) is 0 Å².